The van der Waals surface area contributed by atoms with Gasteiger partial charge in [0.25, 0.3) is 0 Å². The van der Waals surface area contributed by atoms with Gasteiger partial charge < -0.3 is 89.9 Å². The average molecular weight is 1590 g/mol. The number of carbonyl (C=O) groups is 1. The Morgan fingerprint density at radius 3 is 0.991 bits per heavy atom. The topological polar surface area (TPSA) is 307 Å². The van der Waals surface area contributed by atoms with Crippen LogP contribution in [0.25, 0.3) is 0 Å². The van der Waals surface area contributed by atoms with Crippen LogP contribution in [-0.2, 0) is 33.2 Å². The fourth-order valence-electron chi connectivity index (χ4n) is 14.3. The zero-order chi connectivity index (χ0) is 81.7. The van der Waals surface area contributed by atoms with Gasteiger partial charge in [-0.1, -0.05) is 340 Å². The monoisotopic (exact) mass is 1590 g/mol. The molecule has 3 fully saturated rings. The van der Waals surface area contributed by atoms with Crippen molar-refractivity contribution in [3.05, 3.63) is 134 Å². The van der Waals surface area contributed by atoms with E-state index in [0.29, 0.717) is 12.8 Å². The summed E-state index contributed by atoms with van der Waals surface area (Å²) in [6.45, 7) is 1.62. The van der Waals surface area contributed by atoms with Gasteiger partial charge in [-0.05, 0) is 109 Å². The molecule has 650 valence electrons. The highest BCUT2D eigenvalue weighted by atomic mass is 16.8. The van der Waals surface area contributed by atoms with E-state index in [1.807, 2.05) is 6.08 Å². The van der Waals surface area contributed by atoms with Crippen LogP contribution >= 0.6 is 0 Å². The van der Waals surface area contributed by atoms with Crippen LogP contribution in [0.5, 0.6) is 0 Å². The lowest BCUT2D eigenvalue weighted by atomic mass is 9.96. The number of amides is 1. The van der Waals surface area contributed by atoms with Crippen LogP contribution in [0, 0.1) is 0 Å². The second-order valence-corrected chi connectivity index (χ2v) is 31.3. The Morgan fingerprint density at radius 2 is 0.619 bits per heavy atom. The molecule has 0 aliphatic carbocycles. The van der Waals surface area contributed by atoms with Gasteiger partial charge in [0, 0.05) is 6.42 Å². The Hall–Kier alpha value is -4.07. The highest BCUT2D eigenvalue weighted by molar-refractivity contribution is 5.76. The van der Waals surface area contributed by atoms with Crippen LogP contribution < -0.4 is 5.32 Å². The lowest BCUT2D eigenvalue weighted by Gasteiger charge is -2.48. The largest absolute Gasteiger partial charge is 0.394 e. The van der Waals surface area contributed by atoms with Gasteiger partial charge in [-0.15, -0.1) is 0 Å². The first-order chi connectivity index (χ1) is 55.3. The van der Waals surface area contributed by atoms with E-state index in [2.05, 4.69) is 141 Å². The van der Waals surface area contributed by atoms with Gasteiger partial charge in [-0.25, -0.2) is 0 Å². The highest BCUT2D eigenvalue weighted by Crippen LogP contribution is 2.33. The lowest BCUT2D eigenvalue weighted by molar-refractivity contribution is -0.379. The first-order valence-corrected chi connectivity index (χ1v) is 44.9. The minimum Gasteiger partial charge on any atom is -0.394 e. The van der Waals surface area contributed by atoms with Crippen molar-refractivity contribution in [3.63, 3.8) is 0 Å². The molecule has 0 saturated carbocycles. The molecule has 12 N–H and O–H groups in total. The third-order valence-electron chi connectivity index (χ3n) is 21.4. The number of allylic oxidation sites excluding steroid dienone is 21. The molecule has 0 bridgehead atoms. The number of hydrogen-bond donors (Lipinski definition) is 12. The Balaban J connectivity index is 1.35. The summed E-state index contributed by atoms with van der Waals surface area (Å²) < 4.78 is 34.5. The number of carbonyl (C=O) groups excluding carboxylic acids is 1. The Bertz CT molecular complexity index is 2560. The molecule has 17 atom stereocenters. The number of ether oxygens (including phenoxy) is 6. The van der Waals surface area contributed by atoms with Crippen molar-refractivity contribution >= 4 is 5.91 Å². The van der Waals surface area contributed by atoms with Crippen molar-refractivity contribution in [1.82, 2.24) is 5.32 Å². The molecule has 19 nitrogen and oxygen atoms in total. The molecule has 3 aliphatic rings. The number of aliphatic hydroxyl groups excluding tert-OH is 11. The Labute approximate surface area is 683 Å². The maximum atomic E-state index is 13.5. The average Bonchev–Trinajstić information content (AvgIpc) is 0.779. The van der Waals surface area contributed by atoms with Gasteiger partial charge in [0.05, 0.1) is 38.6 Å². The Morgan fingerprint density at radius 1 is 0.327 bits per heavy atom. The molecule has 0 aromatic carbocycles. The molecule has 0 aromatic heterocycles. The normalized spacial score (nSPS) is 25.5. The molecule has 17 unspecified atom stereocenters. The molecule has 0 aromatic rings. The molecule has 3 saturated heterocycles. The number of aliphatic hydroxyl groups is 11. The molecule has 113 heavy (non-hydrogen) atoms. The molecular formula is C94H161NO18. The lowest BCUT2D eigenvalue weighted by Crippen LogP contribution is -2.66. The molecule has 1 amide bonds. The van der Waals surface area contributed by atoms with Crippen LogP contribution in [0.3, 0.4) is 0 Å². The third kappa shape index (κ3) is 50.5. The summed E-state index contributed by atoms with van der Waals surface area (Å²) >= 11 is 0. The van der Waals surface area contributed by atoms with Crippen LogP contribution in [0.1, 0.15) is 322 Å². The van der Waals surface area contributed by atoms with E-state index < -0.39 is 124 Å². The predicted molar refractivity (Wildman–Crippen MR) is 456 cm³/mol. The van der Waals surface area contributed by atoms with Crippen molar-refractivity contribution in [3.8, 4) is 0 Å². The maximum Gasteiger partial charge on any atom is 0.220 e. The van der Waals surface area contributed by atoms with Gasteiger partial charge >= 0.3 is 0 Å². The Kier molecular flexibility index (Phi) is 65.7. The summed E-state index contributed by atoms with van der Waals surface area (Å²) in [6.07, 6.45) is 77.4. The SMILES string of the molecule is CC/C=C\C/C=C\C/C=C\C/C=C\C/C=C\C/C=C\C/C=C\C/C=C\CCCCCCCCCCCCCCC(=O)NC(COC1OC(CO)C(OC2OC(CO)C(OC3OC(CO)C(O)C(O)C3O)C(O)C2O)C(O)C1O)C(O)/C=C/CC/C=C/CC/C=C/CCCCCCCCCCCCCCCCCCCCCCC. The van der Waals surface area contributed by atoms with Crippen molar-refractivity contribution < 1.29 is 89.4 Å². The van der Waals surface area contributed by atoms with Crippen LogP contribution in [0.15, 0.2) is 134 Å². The van der Waals surface area contributed by atoms with Gasteiger partial charge in [-0.2, -0.15) is 0 Å². The highest BCUT2D eigenvalue weighted by Gasteiger charge is 2.54. The summed E-state index contributed by atoms with van der Waals surface area (Å²) in [4.78, 5) is 13.5. The number of hydrogen-bond acceptors (Lipinski definition) is 18. The first-order valence-electron chi connectivity index (χ1n) is 44.9. The minimum atomic E-state index is -1.99. The summed E-state index contributed by atoms with van der Waals surface area (Å²) in [5.41, 5.74) is 0. The number of unbranched alkanes of at least 4 members (excludes halogenated alkanes) is 35. The van der Waals surface area contributed by atoms with Crippen LogP contribution in [0.4, 0.5) is 0 Å². The molecule has 3 heterocycles. The summed E-state index contributed by atoms with van der Waals surface area (Å²) in [5.74, 6) is -0.294. The predicted octanol–water partition coefficient (Wildman–Crippen LogP) is 17.2. The molecule has 3 rings (SSSR count). The van der Waals surface area contributed by atoms with Gasteiger partial charge in [0.1, 0.15) is 73.2 Å². The fraction of sp³-hybridized carbons (Fsp3) is 0.755. The maximum absolute atomic E-state index is 13.5. The van der Waals surface area contributed by atoms with Gasteiger partial charge in [0.2, 0.25) is 5.91 Å². The standard InChI is InChI=1S/C94H161NO18/c1-3-5-7-9-11-13-15-17-19-21-23-25-27-29-31-33-35-36-37-38-39-40-42-44-46-48-50-52-54-56-58-60-62-64-66-68-70-72-82(100)95-77(78(99)71-69-67-65-63-61-59-57-55-53-51-49-47-45-43-41-34-32-30-28-26-24-22-20-18-16-14-12-10-8-6-4-2)76-108-92-88(106)85(103)90(80(74-97)110-92)113-94-89(107)86(104)91(81(75-98)111-94)112-93-87(105)84(102)83(101)79(73-96)109-93/h5,7,11,13,17,19,23,25,29,31,35-36,38-39,42,44,53,55,61,63,69,71,77-81,83-94,96-99,101-107H,3-4,6,8-10,12,14-16,18,20-22,24,26-28,30,32-34,37,40-41,43,45-52,54,56-60,62,64-68,70,72-76H2,1-2H3,(H,95,100)/b7-5-,13-11-,19-17-,25-23-,31-29-,36-35-,39-38-,44-42-,55-53+,63-61+,71-69+. The number of rotatable bonds is 71. The fourth-order valence-corrected chi connectivity index (χ4v) is 14.3. The van der Waals surface area contributed by atoms with Crippen molar-refractivity contribution in [2.24, 2.45) is 0 Å². The zero-order valence-electron chi connectivity index (χ0n) is 70.1. The second-order valence-electron chi connectivity index (χ2n) is 31.3. The quantitative estimate of drug-likeness (QED) is 0.0199. The second kappa shape index (κ2) is 72.0. The summed E-state index contributed by atoms with van der Waals surface area (Å²) in [6, 6.07) is -1.01. The zero-order valence-corrected chi connectivity index (χ0v) is 70.1. The van der Waals surface area contributed by atoms with E-state index in [1.54, 1.807) is 6.08 Å². The van der Waals surface area contributed by atoms with E-state index in [1.165, 1.54) is 180 Å². The first kappa shape index (κ1) is 103. The van der Waals surface area contributed by atoms with Crippen molar-refractivity contribution in [2.45, 2.75) is 426 Å². The van der Waals surface area contributed by atoms with E-state index in [-0.39, 0.29) is 18.9 Å². The van der Waals surface area contributed by atoms with Crippen LogP contribution in [-0.4, -0.2) is 193 Å². The van der Waals surface area contributed by atoms with Crippen molar-refractivity contribution in [2.75, 3.05) is 26.4 Å². The van der Waals surface area contributed by atoms with E-state index in [9.17, 15) is 61.0 Å². The van der Waals surface area contributed by atoms with E-state index in [4.69, 9.17) is 28.4 Å². The molecule has 0 radical (unpaired) electrons. The van der Waals surface area contributed by atoms with E-state index >= 15 is 0 Å². The minimum absolute atomic E-state index is 0.222. The molecule has 3 aliphatic heterocycles. The van der Waals surface area contributed by atoms with Gasteiger partial charge in [-0.3, -0.25) is 4.79 Å². The van der Waals surface area contributed by atoms with E-state index in [0.717, 1.165) is 109 Å². The molecule has 19 heteroatoms. The summed E-state index contributed by atoms with van der Waals surface area (Å²) in [5, 5.41) is 121. The molecular weight excluding hydrogens is 1430 g/mol. The summed E-state index contributed by atoms with van der Waals surface area (Å²) in [7, 11) is 0. The third-order valence-corrected chi connectivity index (χ3v) is 21.4. The van der Waals surface area contributed by atoms with Crippen LogP contribution in [0.2, 0.25) is 0 Å². The van der Waals surface area contributed by atoms with Crippen molar-refractivity contribution in [1.29, 1.82) is 0 Å². The number of nitrogens with one attached hydrogen (secondary N) is 1. The smallest absolute Gasteiger partial charge is 0.220 e. The molecule has 0 spiro atoms. The van der Waals surface area contributed by atoms with Gasteiger partial charge in [0.15, 0.2) is 18.9 Å².